The first-order chi connectivity index (χ1) is 36.6. The normalized spacial score (nSPS) is 14.9. The predicted octanol–water partition coefficient (Wildman–Crippen LogP) is 19.9. The van der Waals surface area contributed by atoms with E-state index in [4.69, 9.17) is 8.83 Å². The fourth-order valence-electron chi connectivity index (χ4n) is 11.6. The molecular formula is C73H78O2. The lowest BCUT2D eigenvalue weighted by Gasteiger charge is -2.22. The van der Waals surface area contributed by atoms with Gasteiger partial charge in [-0.25, -0.2) is 0 Å². The summed E-state index contributed by atoms with van der Waals surface area (Å²) in [7, 11) is 0. The van der Waals surface area contributed by atoms with Gasteiger partial charge >= 0.3 is 0 Å². The van der Waals surface area contributed by atoms with Crippen molar-refractivity contribution in [2.45, 2.75) is 132 Å². The van der Waals surface area contributed by atoms with Crippen molar-refractivity contribution >= 4 is 39.7 Å². The fraction of sp³-hybridized carbons (Fsp3) is 0.288. The Morgan fingerprint density at radius 2 is 1.21 bits per heavy atom. The van der Waals surface area contributed by atoms with E-state index in [0.29, 0.717) is 0 Å². The second-order valence-electron chi connectivity index (χ2n) is 20.9. The first-order valence-corrected chi connectivity index (χ1v) is 28.3. The van der Waals surface area contributed by atoms with Gasteiger partial charge in [0, 0.05) is 39.0 Å². The monoisotopic (exact) mass is 987 g/mol. The molecule has 0 aliphatic heterocycles. The predicted molar refractivity (Wildman–Crippen MR) is 324 cm³/mol. The molecule has 9 aromatic rings. The molecule has 13 rings (SSSR count). The van der Waals surface area contributed by atoms with E-state index in [1.807, 2.05) is 27.7 Å². The summed E-state index contributed by atoms with van der Waals surface area (Å²) in [6, 6.07) is 55.2. The van der Waals surface area contributed by atoms with E-state index in [1.165, 1.54) is 137 Å². The largest absolute Gasteiger partial charge is 0.461 e. The minimum Gasteiger partial charge on any atom is -0.461 e. The van der Waals surface area contributed by atoms with Crippen LogP contribution in [0.3, 0.4) is 0 Å². The van der Waals surface area contributed by atoms with Crippen molar-refractivity contribution < 1.29 is 8.83 Å². The zero-order valence-corrected chi connectivity index (χ0v) is 46.5. The number of fused-ring (bicyclic) bond motifs is 9. The van der Waals surface area contributed by atoms with E-state index in [9.17, 15) is 0 Å². The quantitative estimate of drug-likeness (QED) is 0.166. The van der Waals surface area contributed by atoms with Gasteiger partial charge in [-0.05, 0) is 157 Å². The van der Waals surface area contributed by atoms with Crippen LogP contribution in [-0.2, 0) is 18.3 Å². The first kappa shape index (κ1) is 52.7. The van der Waals surface area contributed by atoms with Crippen LogP contribution in [0.1, 0.15) is 139 Å². The van der Waals surface area contributed by atoms with Crippen molar-refractivity contribution in [3.8, 4) is 44.5 Å². The highest BCUT2D eigenvalue weighted by Gasteiger charge is 2.36. The molecule has 2 heteroatoms. The summed E-state index contributed by atoms with van der Waals surface area (Å²) < 4.78 is 12.5. The zero-order chi connectivity index (χ0) is 52.6. The number of benzene rings is 7. The number of para-hydroxylation sites is 1. The number of rotatable bonds is 6. The molecule has 0 radical (unpaired) electrons. The molecular weight excluding hydrogens is 909 g/mol. The smallest absolute Gasteiger partial charge is 0.143 e. The molecule has 382 valence electrons. The van der Waals surface area contributed by atoms with E-state index in [0.717, 1.165) is 48.2 Å². The van der Waals surface area contributed by atoms with Crippen molar-refractivity contribution in [2.24, 2.45) is 5.92 Å². The summed E-state index contributed by atoms with van der Waals surface area (Å²) in [5, 5.41) is 3.82. The lowest BCUT2D eigenvalue weighted by Crippen LogP contribution is -2.21. The summed E-state index contributed by atoms with van der Waals surface area (Å²) >= 11 is 0. The zero-order valence-electron chi connectivity index (χ0n) is 46.5. The number of hydrogen-bond donors (Lipinski definition) is 0. The average Bonchev–Trinajstić information content (AvgIpc) is 4.12. The second kappa shape index (κ2) is 23.6. The molecule has 4 aliphatic rings. The molecule has 75 heavy (non-hydrogen) atoms. The Morgan fingerprint density at radius 1 is 0.520 bits per heavy atom. The Balaban J connectivity index is 0.000000146. The molecule has 4 aliphatic carbocycles. The van der Waals surface area contributed by atoms with Gasteiger partial charge in [-0.2, -0.15) is 0 Å². The third-order valence-corrected chi connectivity index (χ3v) is 15.9. The van der Waals surface area contributed by atoms with Crippen LogP contribution in [0.25, 0.3) is 84.2 Å². The minimum absolute atomic E-state index is 0.0513. The lowest BCUT2D eigenvalue weighted by atomic mass is 9.81. The van der Waals surface area contributed by atoms with E-state index in [-0.39, 0.29) is 5.41 Å². The molecule has 0 spiro atoms. The van der Waals surface area contributed by atoms with Gasteiger partial charge in [0.15, 0.2) is 0 Å². The van der Waals surface area contributed by atoms with Crippen molar-refractivity contribution in [1.29, 1.82) is 0 Å². The van der Waals surface area contributed by atoms with E-state index in [2.05, 4.69) is 218 Å². The molecule has 0 amide bonds. The summed E-state index contributed by atoms with van der Waals surface area (Å²) in [5.74, 6) is 1.96. The van der Waals surface area contributed by atoms with Gasteiger partial charge in [-0.3, -0.25) is 0 Å². The van der Waals surface area contributed by atoms with Gasteiger partial charge in [0.2, 0.25) is 0 Å². The minimum atomic E-state index is -0.0513. The van der Waals surface area contributed by atoms with Crippen molar-refractivity contribution in [3.63, 3.8) is 0 Å². The van der Waals surface area contributed by atoms with Crippen LogP contribution < -0.4 is 10.6 Å². The highest BCUT2D eigenvalue weighted by molar-refractivity contribution is 5.98. The Labute approximate surface area is 448 Å². The fourth-order valence-corrected chi connectivity index (χ4v) is 11.6. The highest BCUT2D eigenvalue weighted by atomic mass is 16.3. The standard InChI is InChI=1S/C34H28O.C19H18O.C16H20.2C2H6/c1-21-11-13-22(14-12-21)23-16-18-30-29(19-23)26-17-15-24(20-31(26)34(30,2)3)25-8-6-9-28-27-7-4-5-10-32(27)35-33(25)28;1-13-6-4-7-14(12-13)15-9-5-11-18-19(15)16-8-2-3-10-17(16)20-18;1-3-13(2)14-9-11-16(12-10-14)15-7-5-4-6-8-15;2*1-2/h6-20H,4-5H2,1-3H3;4-7,9,11-12H,2-3,8,10H2,1H3;4-9,11,13H,3,10,12H2,1-2H3;2*1-2H3. The van der Waals surface area contributed by atoms with E-state index >= 15 is 0 Å². The molecule has 2 heterocycles. The summed E-state index contributed by atoms with van der Waals surface area (Å²) in [4.78, 5) is 0. The lowest BCUT2D eigenvalue weighted by molar-refractivity contribution is 0.506. The van der Waals surface area contributed by atoms with Crippen molar-refractivity contribution in [3.05, 3.63) is 219 Å². The number of furan rings is 2. The average molecular weight is 987 g/mol. The number of hydrogen-bond acceptors (Lipinski definition) is 2. The number of aryl methyl sites for hydroxylation is 4. The van der Waals surface area contributed by atoms with Crippen molar-refractivity contribution in [1.82, 2.24) is 0 Å². The Hall–Kier alpha value is -7.16. The maximum Gasteiger partial charge on any atom is 0.143 e. The molecule has 0 N–H and O–H groups in total. The maximum absolute atomic E-state index is 6.40. The maximum atomic E-state index is 6.40. The summed E-state index contributed by atoms with van der Waals surface area (Å²) in [5.41, 5.74) is 24.6. The molecule has 7 aromatic carbocycles. The van der Waals surface area contributed by atoms with Gasteiger partial charge in [-0.15, -0.1) is 0 Å². The van der Waals surface area contributed by atoms with Gasteiger partial charge < -0.3 is 8.83 Å². The van der Waals surface area contributed by atoms with Crippen LogP contribution >= 0.6 is 0 Å². The molecule has 2 nitrogen and oxygen atoms in total. The Bertz CT molecular complexity index is 3620. The van der Waals surface area contributed by atoms with E-state index < -0.39 is 0 Å². The van der Waals surface area contributed by atoms with Crippen LogP contribution in [0, 0.1) is 19.8 Å². The third-order valence-electron chi connectivity index (χ3n) is 15.9. The van der Waals surface area contributed by atoms with Crippen LogP contribution in [-0.4, -0.2) is 0 Å². The molecule has 0 bridgehead atoms. The first-order valence-electron chi connectivity index (χ1n) is 28.3. The Kier molecular flexibility index (Phi) is 16.6. The van der Waals surface area contributed by atoms with E-state index in [1.54, 1.807) is 5.57 Å². The van der Waals surface area contributed by atoms with Crippen LogP contribution in [0.2, 0.25) is 0 Å². The molecule has 2 aromatic heterocycles. The Morgan fingerprint density at radius 3 is 1.97 bits per heavy atom. The second-order valence-corrected chi connectivity index (χ2v) is 20.9. The number of allylic oxidation sites excluding steroid dienone is 4. The van der Waals surface area contributed by atoms with Crippen LogP contribution in [0.15, 0.2) is 178 Å². The van der Waals surface area contributed by atoms with Gasteiger partial charge in [0.05, 0.1) is 0 Å². The summed E-state index contributed by atoms with van der Waals surface area (Å²) in [6.45, 7) is 21.6. The topological polar surface area (TPSA) is 26.3 Å². The highest BCUT2D eigenvalue weighted by Crippen LogP contribution is 2.51. The molecule has 0 saturated heterocycles. The van der Waals surface area contributed by atoms with Crippen LogP contribution in [0.4, 0.5) is 0 Å². The van der Waals surface area contributed by atoms with Gasteiger partial charge in [0.25, 0.3) is 0 Å². The molecule has 0 fully saturated rings. The van der Waals surface area contributed by atoms with Gasteiger partial charge in [0.1, 0.15) is 22.3 Å². The summed E-state index contributed by atoms with van der Waals surface area (Å²) in [6.07, 6.45) is 19.8. The molecule has 0 saturated carbocycles. The molecule has 1 atom stereocenters. The van der Waals surface area contributed by atoms with Crippen molar-refractivity contribution in [2.75, 3.05) is 0 Å². The third kappa shape index (κ3) is 10.9. The molecule has 1 unspecified atom stereocenters. The van der Waals surface area contributed by atoms with Gasteiger partial charge in [-0.1, -0.05) is 224 Å². The van der Waals surface area contributed by atoms with Crippen LogP contribution in [0.5, 0.6) is 0 Å². The SMILES string of the molecule is CC.CC.CCC(C)C1=CC=C(c2ccccc2)CC1.Cc1ccc(-c2ccc3c(c2)-c2ccc(-c4cccc5c6c(oc45)=CCCC=6)cc2C3(C)C)cc1.Cc1cccc(-c2cccc3oc4c(c23)CCCC4)c1.